The smallest absolute Gasteiger partial charge is 0.407 e. The highest BCUT2D eigenvalue weighted by molar-refractivity contribution is 5.82. The molecule has 0 saturated carbocycles. The zero-order valence-electron chi connectivity index (χ0n) is 13.3. The van der Waals surface area contributed by atoms with E-state index in [1.807, 2.05) is 6.07 Å². The fourth-order valence-corrected chi connectivity index (χ4v) is 3.01. The molecule has 7 heteroatoms. The van der Waals surface area contributed by atoms with Crippen molar-refractivity contribution in [2.24, 2.45) is 5.92 Å². The summed E-state index contributed by atoms with van der Waals surface area (Å²) in [6.45, 7) is 2.17. The lowest BCUT2D eigenvalue weighted by Crippen LogP contribution is -2.37. The second-order valence-electron chi connectivity index (χ2n) is 5.95. The first-order valence-corrected chi connectivity index (χ1v) is 8.00. The molecule has 3 heterocycles. The minimum Gasteiger partial charge on any atom is -0.465 e. The first kappa shape index (κ1) is 16.3. The summed E-state index contributed by atoms with van der Waals surface area (Å²) in [5.74, 6) is 1.18. The molecule has 0 atom stereocenters. The van der Waals surface area contributed by atoms with E-state index >= 15 is 0 Å². The molecule has 2 aromatic heterocycles. The van der Waals surface area contributed by atoms with Gasteiger partial charge in [0.2, 0.25) is 0 Å². The lowest BCUT2D eigenvalue weighted by molar-refractivity contribution is 0.0801. The normalized spacial score (nSPS) is 15.5. The number of amides is 1. The van der Waals surface area contributed by atoms with Crippen LogP contribution in [0.4, 0.5) is 4.79 Å². The van der Waals surface area contributed by atoms with Crippen molar-refractivity contribution in [3.63, 3.8) is 0 Å². The van der Waals surface area contributed by atoms with Crippen LogP contribution < -0.4 is 0 Å². The number of fused-ring (bicyclic) bond motifs is 1. The molecule has 1 saturated heterocycles. The largest absolute Gasteiger partial charge is 0.465 e. The zero-order chi connectivity index (χ0) is 16.9. The van der Waals surface area contributed by atoms with Gasteiger partial charge in [0, 0.05) is 25.9 Å². The zero-order valence-corrected chi connectivity index (χ0v) is 13.3. The molecule has 24 heavy (non-hydrogen) atoms. The van der Waals surface area contributed by atoms with Gasteiger partial charge in [0.05, 0.1) is 5.39 Å². The SMILES string of the molecule is N#Cc1nccc2oc(COCCC3CCN(C(=O)O)CC3)cc12. The topological polar surface area (TPSA) is 99.6 Å². The number of furan rings is 1. The third-order valence-corrected chi connectivity index (χ3v) is 4.40. The Balaban J connectivity index is 1.44. The van der Waals surface area contributed by atoms with E-state index in [1.165, 1.54) is 4.90 Å². The number of carboxylic acid groups (broad SMARTS) is 1. The Morgan fingerprint density at radius 1 is 1.50 bits per heavy atom. The maximum absolute atomic E-state index is 10.9. The number of hydrogen-bond donors (Lipinski definition) is 1. The number of hydrogen-bond acceptors (Lipinski definition) is 5. The summed E-state index contributed by atoms with van der Waals surface area (Å²) in [5.41, 5.74) is 0.994. The van der Waals surface area contributed by atoms with E-state index in [0.717, 1.165) is 19.3 Å². The summed E-state index contributed by atoms with van der Waals surface area (Å²) < 4.78 is 11.3. The maximum atomic E-state index is 10.9. The fraction of sp³-hybridized carbons (Fsp3) is 0.471. The van der Waals surface area contributed by atoms with Crippen molar-refractivity contribution in [3.8, 4) is 6.07 Å². The van der Waals surface area contributed by atoms with Crippen LogP contribution >= 0.6 is 0 Å². The third kappa shape index (κ3) is 3.66. The molecule has 1 aliphatic heterocycles. The van der Waals surface area contributed by atoms with Gasteiger partial charge in [0.1, 0.15) is 24.0 Å². The molecule has 0 radical (unpaired) electrons. The van der Waals surface area contributed by atoms with E-state index in [2.05, 4.69) is 4.98 Å². The van der Waals surface area contributed by atoms with Crippen LogP contribution in [-0.4, -0.2) is 40.8 Å². The van der Waals surface area contributed by atoms with Gasteiger partial charge in [-0.05, 0) is 37.3 Å². The molecule has 0 spiro atoms. The van der Waals surface area contributed by atoms with Crippen LogP contribution in [-0.2, 0) is 11.3 Å². The number of piperidine rings is 1. The standard InChI is InChI=1S/C17H19N3O4/c18-10-15-14-9-13(24-16(14)1-5-19-15)11-23-8-4-12-2-6-20(7-3-12)17(21)22/h1,5,9,12H,2-4,6-8,11H2,(H,21,22). The van der Waals surface area contributed by atoms with Crippen LogP contribution in [0, 0.1) is 17.2 Å². The van der Waals surface area contributed by atoms with Crippen molar-refractivity contribution in [1.29, 1.82) is 5.26 Å². The molecule has 3 rings (SSSR count). The molecular weight excluding hydrogens is 310 g/mol. The van der Waals surface area contributed by atoms with Crippen LogP contribution in [0.15, 0.2) is 22.7 Å². The van der Waals surface area contributed by atoms with Gasteiger partial charge in [-0.25, -0.2) is 9.78 Å². The van der Waals surface area contributed by atoms with Gasteiger partial charge in [0.25, 0.3) is 0 Å². The van der Waals surface area contributed by atoms with Crippen LogP contribution in [0.1, 0.15) is 30.7 Å². The van der Waals surface area contributed by atoms with Crippen molar-refractivity contribution in [3.05, 3.63) is 29.8 Å². The summed E-state index contributed by atoms with van der Waals surface area (Å²) in [5, 5.41) is 18.7. The minimum absolute atomic E-state index is 0.354. The molecule has 0 aliphatic carbocycles. The highest BCUT2D eigenvalue weighted by Crippen LogP contribution is 2.23. The van der Waals surface area contributed by atoms with E-state index < -0.39 is 6.09 Å². The Kier molecular flexibility index (Phi) is 4.96. The van der Waals surface area contributed by atoms with Gasteiger partial charge < -0.3 is 19.2 Å². The number of nitriles is 1. The monoisotopic (exact) mass is 329 g/mol. The van der Waals surface area contributed by atoms with Gasteiger partial charge in [-0.1, -0.05) is 0 Å². The molecule has 0 bridgehead atoms. The first-order chi connectivity index (χ1) is 11.7. The van der Waals surface area contributed by atoms with Crippen molar-refractivity contribution in [2.45, 2.75) is 25.9 Å². The molecule has 2 aromatic rings. The summed E-state index contributed by atoms with van der Waals surface area (Å²) in [4.78, 5) is 16.3. The quantitative estimate of drug-likeness (QED) is 0.846. The van der Waals surface area contributed by atoms with Crippen molar-refractivity contribution >= 4 is 17.1 Å². The predicted octanol–water partition coefficient (Wildman–Crippen LogP) is 3.00. The van der Waals surface area contributed by atoms with Crippen LogP contribution in [0.5, 0.6) is 0 Å². The Labute approximate surface area is 139 Å². The lowest BCUT2D eigenvalue weighted by atomic mass is 9.94. The minimum atomic E-state index is -0.833. The Morgan fingerprint density at radius 3 is 3.00 bits per heavy atom. The summed E-state index contributed by atoms with van der Waals surface area (Å²) in [6.07, 6.45) is 3.41. The molecular formula is C17H19N3O4. The van der Waals surface area contributed by atoms with E-state index in [4.69, 9.17) is 19.5 Å². The Hall–Kier alpha value is -2.59. The molecule has 0 aromatic carbocycles. The second kappa shape index (κ2) is 7.32. The van der Waals surface area contributed by atoms with E-state index in [1.54, 1.807) is 18.3 Å². The van der Waals surface area contributed by atoms with E-state index in [9.17, 15) is 4.79 Å². The highest BCUT2D eigenvalue weighted by Gasteiger charge is 2.21. The highest BCUT2D eigenvalue weighted by atomic mass is 16.5. The number of aromatic nitrogens is 1. The van der Waals surface area contributed by atoms with Gasteiger partial charge >= 0.3 is 6.09 Å². The third-order valence-electron chi connectivity index (χ3n) is 4.40. The van der Waals surface area contributed by atoms with Gasteiger partial charge in [-0.2, -0.15) is 5.26 Å². The predicted molar refractivity (Wildman–Crippen MR) is 85.3 cm³/mol. The lowest BCUT2D eigenvalue weighted by Gasteiger charge is -2.29. The Bertz CT molecular complexity index is 757. The van der Waals surface area contributed by atoms with Crippen molar-refractivity contribution in [2.75, 3.05) is 19.7 Å². The Morgan fingerprint density at radius 2 is 2.29 bits per heavy atom. The number of rotatable bonds is 5. The first-order valence-electron chi connectivity index (χ1n) is 8.00. The maximum Gasteiger partial charge on any atom is 0.407 e. The fourth-order valence-electron chi connectivity index (χ4n) is 3.01. The second-order valence-corrected chi connectivity index (χ2v) is 5.95. The molecule has 1 fully saturated rings. The van der Waals surface area contributed by atoms with E-state index in [-0.39, 0.29) is 0 Å². The van der Waals surface area contributed by atoms with Crippen LogP contribution in [0.2, 0.25) is 0 Å². The van der Waals surface area contributed by atoms with Crippen LogP contribution in [0.25, 0.3) is 11.0 Å². The number of ether oxygens (including phenoxy) is 1. The summed E-state index contributed by atoms with van der Waals surface area (Å²) in [7, 11) is 0. The molecule has 1 aliphatic rings. The molecule has 126 valence electrons. The number of pyridine rings is 1. The average molecular weight is 329 g/mol. The molecule has 1 N–H and O–H groups in total. The number of nitrogens with zero attached hydrogens (tertiary/aromatic N) is 3. The molecule has 0 unspecified atom stereocenters. The van der Waals surface area contributed by atoms with Gasteiger partial charge in [-0.15, -0.1) is 0 Å². The average Bonchev–Trinajstić information content (AvgIpc) is 3.02. The van der Waals surface area contributed by atoms with Crippen LogP contribution in [0.3, 0.4) is 0 Å². The van der Waals surface area contributed by atoms with E-state index in [0.29, 0.717) is 54.6 Å². The summed E-state index contributed by atoms with van der Waals surface area (Å²) >= 11 is 0. The van der Waals surface area contributed by atoms with Gasteiger partial charge in [0.15, 0.2) is 5.69 Å². The molecule has 1 amide bonds. The van der Waals surface area contributed by atoms with Crippen molar-refractivity contribution < 1.29 is 19.1 Å². The number of likely N-dealkylation sites (tertiary alicyclic amines) is 1. The van der Waals surface area contributed by atoms with Crippen molar-refractivity contribution in [1.82, 2.24) is 9.88 Å². The van der Waals surface area contributed by atoms with Gasteiger partial charge in [-0.3, -0.25) is 0 Å². The number of carbonyl (C=O) groups is 1. The summed E-state index contributed by atoms with van der Waals surface area (Å²) in [6, 6.07) is 5.58. The molecule has 7 nitrogen and oxygen atoms in total.